The van der Waals surface area contributed by atoms with Crippen LogP contribution in [0.15, 0.2) is 78.9 Å². The Morgan fingerprint density at radius 3 is 2.25 bits per heavy atom. The van der Waals surface area contributed by atoms with Gasteiger partial charge in [-0.15, -0.1) is 0 Å². The Bertz CT molecular complexity index is 1100. The number of nitrogens with zero attached hydrogens (tertiary/aromatic N) is 1. The second kappa shape index (κ2) is 9.34. The van der Waals surface area contributed by atoms with E-state index >= 15 is 0 Å². The summed E-state index contributed by atoms with van der Waals surface area (Å²) in [6.07, 6.45) is -0.692. The molecule has 32 heavy (non-hydrogen) atoms. The van der Waals surface area contributed by atoms with Crippen LogP contribution in [0.5, 0.6) is 5.75 Å². The standard InChI is InChI=1S/C25H23N3O4/c1-17(32-22-13-9-20(10-14-22)19-5-3-2-4-6-19)24(30)27-21-11-7-18(8-12-21)16-28-23(29)15-26-25(28)31/h2-14,17H,15-16H2,1H3,(H,26,31)(H,27,30)/t17-/m0/s1. The van der Waals surface area contributed by atoms with Gasteiger partial charge >= 0.3 is 6.03 Å². The highest BCUT2D eigenvalue weighted by molar-refractivity contribution is 6.01. The number of amides is 4. The lowest BCUT2D eigenvalue weighted by molar-refractivity contribution is -0.125. The SMILES string of the molecule is C[C@H](Oc1ccc(-c2ccccc2)cc1)C(=O)Nc1ccc(CN2C(=O)CNC2=O)cc1. The number of hydrogen-bond acceptors (Lipinski definition) is 4. The van der Waals surface area contributed by atoms with Crippen LogP contribution >= 0.6 is 0 Å². The van der Waals surface area contributed by atoms with E-state index in [0.717, 1.165) is 21.6 Å². The molecule has 1 heterocycles. The molecule has 0 aliphatic carbocycles. The van der Waals surface area contributed by atoms with E-state index in [1.165, 1.54) is 0 Å². The van der Waals surface area contributed by atoms with E-state index in [0.29, 0.717) is 11.4 Å². The minimum Gasteiger partial charge on any atom is -0.481 e. The number of nitrogens with one attached hydrogen (secondary N) is 2. The Kier molecular flexibility index (Phi) is 6.17. The molecule has 1 aliphatic rings. The van der Waals surface area contributed by atoms with E-state index in [4.69, 9.17) is 4.74 Å². The number of ether oxygens (including phenoxy) is 1. The van der Waals surface area contributed by atoms with Crippen molar-refractivity contribution in [1.82, 2.24) is 10.2 Å². The van der Waals surface area contributed by atoms with E-state index in [-0.39, 0.29) is 24.9 Å². The van der Waals surface area contributed by atoms with Crippen molar-refractivity contribution >= 4 is 23.5 Å². The zero-order chi connectivity index (χ0) is 22.5. The molecule has 3 aromatic rings. The van der Waals surface area contributed by atoms with Gasteiger partial charge in [-0.2, -0.15) is 0 Å². The van der Waals surface area contributed by atoms with Gasteiger partial charge in [0.1, 0.15) is 5.75 Å². The van der Waals surface area contributed by atoms with Gasteiger partial charge in [0.2, 0.25) is 5.91 Å². The summed E-state index contributed by atoms with van der Waals surface area (Å²) in [4.78, 5) is 37.0. The molecule has 4 rings (SSSR count). The monoisotopic (exact) mass is 429 g/mol. The lowest BCUT2D eigenvalue weighted by atomic mass is 10.1. The molecular formula is C25H23N3O4. The summed E-state index contributed by atoms with van der Waals surface area (Å²) >= 11 is 0. The molecule has 1 aliphatic heterocycles. The van der Waals surface area contributed by atoms with Crippen molar-refractivity contribution in [3.8, 4) is 16.9 Å². The predicted octanol–water partition coefficient (Wildman–Crippen LogP) is 3.81. The number of urea groups is 1. The van der Waals surface area contributed by atoms with Gasteiger partial charge in [-0.25, -0.2) is 4.79 Å². The summed E-state index contributed by atoms with van der Waals surface area (Å²) < 4.78 is 5.77. The number of imide groups is 1. The second-order valence-electron chi connectivity index (χ2n) is 7.48. The summed E-state index contributed by atoms with van der Waals surface area (Å²) in [6, 6.07) is 24.2. The third-order valence-electron chi connectivity index (χ3n) is 5.14. The second-order valence-corrected chi connectivity index (χ2v) is 7.48. The van der Waals surface area contributed by atoms with Gasteiger partial charge in [0.25, 0.3) is 5.91 Å². The van der Waals surface area contributed by atoms with Gasteiger partial charge in [0, 0.05) is 5.69 Å². The highest BCUT2D eigenvalue weighted by Gasteiger charge is 2.28. The number of carbonyl (C=O) groups excluding carboxylic acids is 3. The van der Waals surface area contributed by atoms with Gasteiger partial charge in [-0.05, 0) is 47.9 Å². The molecule has 0 saturated carbocycles. The van der Waals surface area contributed by atoms with E-state index in [2.05, 4.69) is 10.6 Å². The number of anilines is 1. The third kappa shape index (κ3) is 4.95. The predicted molar refractivity (Wildman–Crippen MR) is 121 cm³/mol. The summed E-state index contributed by atoms with van der Waals surface area (Å²) in [6.45, 7) is 1.91. The molecule has 7 nitrogen and oxygen atoms in total. The van der Waals surface area contributed by atoms with Gasteiger partial charge in [0.15, 0.2) is 6.10 Å². The van der Waals surface area contributed by atoms with Crippen LogP contribution in [0.3, 0.4) is 0 Å². The molecule has 4 amide bonds. The summed E-state index contributed by atoms with van der Waals surface area (Å²) in [5.41, 5.74) is 3.58. The molecule has 0 bridgehead atoms. The molecule has 0 aromatic heterocycles. The zero-order valence-corrected chi connectivity index (χ0v) is 17.6. The average molecular weight is 429 g/mol. The van der Waals surface area contributed by atoms with E-state index in [9.17, 15) is 14.4 Å². The molecule has 3 aromatic carbocycles. The number of hydrogen-bond donors (Lipinski definition) is 2. The van der Waals surface area contributed by atoms with Crippen molar-refractivity contribution in [3.05, 3.63) is 84.4 Å². The Balaban J connectivity index is 1.31. The van der Waals surface area contributed by atoms with E-state index < -0.39 is 12.1 Å². The Labute approximate surface area is 186 Å². The summed E-state index contributed by atoms with van der Waals surface area (Å²) in [5.74, 6) is 0.0744. The van der Waals surface area contributed by atoms with Crippen LogP contribution in [0.4, 0.5) is 10.5 Å². The molecule has 0 unspecified atom stereocenters. The fourth-order valence-corrected chi connectivity index (χ4v) is 3.35. The highest BCUT2D eigenvalue weighted by Crippen LogP contribution is 2.23. The van der Waals surface area contributed by atoms with Crippen LogP contribution in [0.2, 0.25) is 0 Å². The Morgan fingerprint density at radius 2 is 1.62 bits per heavy atom. The van der Waals surface area contributed by atoms with Gasteiger partial charge in [-0.1, -0.05) is 54.6 Å². The minimum absolute atomic E-state index is 0.0276. The van der Waals surface area contributed by atoms with Crippen LogP contribution < -0.4 is 15.4 Å². The number of benzene rings is 3. The van der Waals surface area contributed by atoms with Crippen molar-refractivity contribution in [2.75, 3.05) is 11.9 Å². The van der Waals surface area contributed by atoms with Crippen LogP contribution in [-0.4, -0.2) is 35.4 Å². The maximum absolute atomic E-state index is 12.5. The molecule has 1 atom stereocenters. The first-order valence-electron chi connectivity index (χ1n) is 10.3. The molecule has 1 saturated heterocycles. The lowest BCUT2D eigenvalue weighted by Gasteiger charge is -2.16. The van der Waals surface area contributed by atoms with Crippen LogP contribution in [0.1, 0.15) is 12.5 Å². The van der Waals surface area contributed by atoms with Crippen molar-refractivity contribution in [2.45, 2.75) is 19.6 Å². The zero-order valence-electron chi connectivity index (χ0n) is 17.6. The Hall–Kier alpha value is -4.13. The van der Waals surface area contributed by atoms with Crippen molar-refractivity contribution in [1.29, 1.82) is 0 Å². The van der Waals surface area contributed by atoms with Gasteiger partial charge in [0.05, 0.1) is 13.1 Å². The quantitative estimate of drug-likeness (QED) is 0.559. The van der Waals surface area contributed by atoms with Crippen molar-refractivity contribution in [3.63, 3.8) is 0 Å². The fourth-order valence-electron chi connectivity index (χ4n) is 3.35. The first-order valence-corrected chi connectivity index (χ1v) is 10.3. The normalized spacial score (nSPS) is 14.1. The van der Waals surface area contributed by atoms with Crippen molar-refractivity contribution in [2.24, 2.45) is 0 Å². The van der Waals surface area contributed by atoms with Crippen LogP contribution in [-0.2, 0) is 16.1 Å². The first kappa shape index (κ1) is 21.1. The minimum atomic E-state index is -0.692. The molecule has 1 fully saturated rings. The molecule has 0 radical (unpaired) electrons. The van der Waals surface area contributed by atoms with E-state index in [1.54, 1.807) is 31.2 Å². The molecular weight excluding hydrogens is 406 g/mol. The van der Waals surface area contributed by atoms with Crippen LogP contribution in [0.25, 0.3) is 11.1 Å². The Morgan fingerprint density at radius 1 is 0.969 bits per heavy atom. The lowest BCUT2D eigenvalue weighted by Crippen LogP contribution is -2.30. The van der Waals surface area contributed by atoms with Gasteiger partial charge in [-0.3, -0.25) is 14.5 Å². The summed E-state index contributed by atoms with van der Waals surface area (Å²) in [7, 11) is 0. The molecule has 7 heteroatoms. The van der Waals surface area contributed by atoms with Gasteiger partial charge < -0.3 is 15.4 Å². The van der Waals surface area contributed by atoms with Crippen molar-refractivity contribution < 1.29 is 19.1 Å². The third-order valence-corrected chi connectivity index (χ3v) is 5.14. The fraction of sp³-hybridized carbons (Fsp3) is 0.160. The maximum Gasteiger partial charge on any atom is 0.324 e. The smallest absolute Gasteiger partial charge is 0.324 e. The highest BCUT2D eigenvalue weighted by atomic mass is 16.5. The largest absolute Gasteiger partial charge is 0.481 e. The first-order chi connectivity index (χ1) is 15.5. The molecule has 0 spiro atoms. The average Bonchev–Trinajstić information content (AvgIpc) is 3.13. The number of rotatable bonds is 7. The van der Waals surface area contributed by atoms with E-state index in [1.807, 2.05) is 54.6 Å². The molecule has 162 valence electrons. The number of carbonyl (C=O) groups is 3. The topological polar surface area (TPSA) is 87.7 Å². The molecule has 2 N–H and O–H groups in total. The summed E-state index contributed by atoms with van der Waals surface area (Å²) in [5, 5.41) is 5.30. The maximum atomic E-state index is 12.5. The van der Waals surface area contributed by atoms with Crippen LogP contribution in [0, 0.1) is 0 Å².